The van der Waals surface area contributed by atoms with Gasteiger partial charge in [0.05, 0.1) is 17.0 Å². The first-order valence-corrected chi connectivity index (χ1v) is 9.64. The van der Waals surface area contributed by atoms with Crippen LogP contribution in [0.4, 0.5) is 29.1 Å². The van der Waals surface area contributed by atoms with Crippen LogP contribution in [0, 0.1) is 12.7 Å². The predicted molar refractivity (Wildman–Crippen MR) is 111 cm³/mol. The monoisotopic (exact) mass is 491 g/mol. The van der Waals surface area contributed by atoms with Crippen LogP contribution in [0.25, 0.3) is 11.3 Å². The van der Waals surface area contributed by atoms with Gasteiger partial charge in [0.1, 0.15) is 23.1 Å². The van der Waals surface area contributed by atoms with Crippen molar-refractivity contribution in [2.45, 2.75) is 26.1 Å². The molecule has 13 heteroatoms. The van der Waals surface area contributed by atoms with Crippen molar-refractivity contribution in [3.8, 4) is 17.0 Å². The number of nitrogens with one attached hydrogen (secondary N) is 2. The lowest BCUT2D eigenvalue weighted by Gasteiger charge is -2.20. The van der Waals surface area contributed by atoms with Crippen LogP contribution in [0.3, 0.4) is 0 Å². The minimum Gasteiger partial charge on any atom is -0.480 e. The first kappa shape index (κ1) is 23.6. The number of rotatable bonds is 5. The molecule has 0 aliphatic rings. The summed E-state index contributed by atoms with van der Waals surface area (Å²) in [5.74, 6) is -2.51. The molecule has 0 aliphatic heterocycles. The van der Waals surface area contributed by atoms with Crippen LogP contribution in [-0.4, -0.2) is 33.4 Å². The Morgan fingerprint density at radius 3 is 2.50 bits per heavy atom. The van der Waals surface area contributed by atoms with Crippen molar-refractivity contribution in [1.29, 1.82) is 0 Å². The summed E-state index contributed by atoms with van der Waals surface area (Å²) in [6.45, 7) is 2.30. The molecule has 3 aromatic rings. The summed E-state index contributed by atoms with van der Waals surface area (Å²) < 4.78 is 59.2. The van der Waals surface area contributed by atoms with Gasteiger partial charge in [-0.1, -0.05) is 23.2 Å². The average Bonchev–Trinajstić information content (AvgIpc) is 2.99. The van der Waals surface area contributed by atoms with E-state index >= 15 is 0 Å². The van der Waals surface area contributed by atoms with Gasteiger partial charge >= 0.3 is 6.18 Å². The van der Waals surface area contributed by atoms with E-state index in [1.165, 1.54) is 12.1 Å². The summed E-state index contributed by atoms with van der Waals surface area (Å²) in [7, 11) is 0. The number of nitrogen functional groups attached to an aromatic ring is 1. The van der Waals surface area contributed by atoms with Crippen LogP contribution in [0.15, 0.2) is 24.3 Å². The van der Waals surface area contributed by atoms with E-state index < -0.39 is 35.3 Å². The summed E-state index contributed by atoms with van der Waals surface area (Å²) in [4.78, 5) is 16.7. The second kappa shape index (κ2) is 8.83. The largest absolute Gasteiger partial charge is 0.480 e. The van der Waals surface area contributed by atoms with Crippen molar-refractivity contribution in [2.24, 2.45) is 0 Å². The second-order valence-corrected chi connectivity index (χ2v) is 7.49. The van der Waals surface area contributed by atoms with Crippen LogP contribution in [-0.2, 0) is 0 Å². The molecule has 0 fully saturated rings. The number of hydrogen-bond donors (Lipinski definition) is 3. The number of aromatic nitrogens is 3. The average molecular weight is 492 g/mol. The molecule has 2 heterocycles. The molecule has 0 saturated carbocycles. The number of hydrogen-bond acceptors (Lipinski definition) is 5. The molecule has 2 aromatic heterocycles. The SMILES string of the molecule is Cc1[nH]nc(Cl)c1NC(=O)c1cc(F)c(-c2cc(Cl)cc(N)n2)cc1OC(C)C(F)(F)F. The van der Waals surface area contributed by atoms with E-state index in [1.54, 1.807) is 6.92 Å². The fourth-order valence-corrected chi connectivity index (χ4v) is 3.11. The number of nitrogens with zero attached hydrogens (tertiary/aromatic N) is 2. The molecule has 1 atom stereocenters. The Hall–Kier alpha value is -3.05. The van der Waals surface area contributed by atoms with E-state index in [1.807, 2.05) is 0 Å². The van der Waals surface area contributed by atoms with Crippen LogP contribution in [0.2, 0.25) is 10.2 Å². The molecule has 7 nitrogen and oxygen atoms in total. The molecular weight excluding hydrogens is 477 g/mol. The summed E-state index contributed by atoms with van der Waals surface area (Å²) in [6.07, 6.45) is -7.05. The quantitative estimate of drug-likeness (QED) is 0.415. The highest BCUT2D eigenvalue weighted by atomic mass is 35.5. The van der Waals surface area contributed by atoms with E-state index in [-0.39, 0.29) is 32.9 Å². The molecule has 0 saturated heterocycles. The third-order valence-corrected chi connectivity index (χ3v) is 4.80. The topological polar surface area (TPSA) is 106 Å². The molecule has 0 spiro atoms. The van der Waals surface area contributed by atoms with Crippen molar-refractivity contribution >= 4 is 40.6 Å². The number of carbonyl (C=O) groups is 1. The molecule has 4 N–H and O–H groups in total. The Kier molecular flexibility index (Phi) is 6.51. The van der Waals surface area contributed by atoms with E-state index in [0.29, 0.717) is 5.69 Å². The molecule has 0 radical (unpaired) electrons. The third kappa shape index (κ3) is 5.05. The number of aryl methyl sites for hydroxylation is 1. The van der Waals surface area contributed by atoms with Crippen molar-refractivity contribution < 1.29 is 27.1 Å². The third-order valence-electron chi connectivity index (χ3n) is 4.31. The summed E-state index contributed by atoms with van der Waals surface area (Å²) in [5, 5.41) is 8.65. The van der Waals surface area contributed by atoms with Crippen LogP contribution in [0.5, 0.6) is 5.75 Å². The molecule has 1 aromatic carbocycles. The first-order chi connectivity index (χ1) is 14.9. The van der Waals surface area contributed by atoms with E-state index in [9.17, 15) is 22.4 Å². The lowest BCUT2D eigenvalue weighted by atomic mass is 10.0. The Bertz CT molecular complexity index is 1140. The van der Waals surface area contributed by atoms with Gasteiger partial charge in [0.25, 0.3) is 5.91 Å². The highest BCUT2D eigenvalue weighted by Crippen LogP contribution is 2.35. The van der Waals surface area contributed by atoms with Gasteiger partial charge in [-0.05, 0) is 38.1 Å². The number of ether oxygens (including phenoxy) is 1. The number of carbonyl (C=O) groups excluding carboxylic acids is 1. The molecule has 1 unspecified atom stereocenters. The van der Waals surface area contributed by atoms with E-state index in [2.05, 4.69) is 20.5 Å². The molecule has 32 heavy (non-hydrogen) atoms. The molecule has 0 aliphatic carbocycles. The minimum atomic E-state index is -4.74. The van der Waals surface area contributed by atoms with E-state index in [4.69, 9.17) is 33.7 Å². The van der Waals surface area contributed by atoms with Gasteiger partial charge in [-0.2, -0.15) is 18.3 Å². The zero-order valence-corrected chi connectivity index (χ0v) is 18.0. The van der Waals surface area contributed by atoms with Gasteiger partial charge in [0.2, 0.25) is 0 Å². The number of H-pyrrole nitrogens is 1. The van der Waals surface area contributed by atoms with Gasteiger partial charge in [-0.3, -0.25) is 9.89 Å². The fourth-order valence-electron chi connectivity index (χ4n) is 2.66. The minimum absolute atomic E-state index is 0.0371. The summed E-state index contributed by atoms with van der Waals surface area (Å²) in [5.41, 5.74) is 5.26. The lowest BCUT2D eigenvalue weighted by molar-refractivity contribution is -0.189. The molecule has 170 valence electrons. The molecule has 1 amide bonds. The Morgan fingerprint density at radius 2 is 1.94 bits per heavy atom. The van der Waals surface area contributed by atoms with Crippen molar-refractivity contribution in [3.05, 3.63) is 51.5 Å². The Balaban J connectivity index is 2.11. The molecular formula is C19H15Cl2F4N5O2. The van der Waals surface area contributed by atoms with Gasteiger partial charge < -0.3 is 15.8 Å². The van der Waals surface area contributed by atoms with Crippen molar-refractivity contribution in [3.63, 3.8) is 0 Å². The maximum Gasteiger partial charge on any atom is 0.425 e. The number of aromatic amines is 1. The smallest absolute Gasteiger partial charge is 0.425 e. The maximum absolute atomic E-state index is 14.9. The number of alkyl halides is 3. The molecule has 0 bridgehead atoms. The van der Waals surface area contributed by atoms with Crippen LogP contribution in [0.1, 0.15) is 23.0 Å². The summed E-state index contributed by atoms with van der Waals surface area (Å²) >= 11 is 11.8. The highest BCUT2D eigenvalue weighted by molar-refractivity contribution is 6.33. The number of anilines is 2. The van der Waals surface area contributed by atoms with Crippen LogP contribution >= 0.6 is 23.2 Å². The van der Waals surface area contributed by atoms with Crippen molar-refractivity contribution in [2.75, 3.05) is 11.1 Å². The predicted octanol–water partition coefficient (Wildman–Crippen LogP) is 5.39. The van der Waals surface area contributed by atoms with E-state index in [0.717, 1.165) is 19.1 Å². The zero-order valence-electron chi connectivity index (χ0n) is 16.4. The Morgan fingerprint density at radius 1 is 1.25 bits per heavy atom. The number of benzene rings is 1. The number of pyridine rings is 1. The van der Waals surface area contributed by atoms with Gasteiger partial charge in [-0.25, -0.2) is 9.37 Å². The van der Waals surface area contributed by atoms with Gasteiger partial charge in [0.15, 0.2) is 11.3 Å². The highest BCUT2D eigenvalue weighted by Gasteiger charge is 2.39. The van der Waals surface area contributed by atoms with Crippen molar-refractivity contribution in [1.82, 2.24) is 15.2 Å². The standard InChI is InChI=1S/C19H15Cl2F4N5O2/c1-7-16(17(21)30-29-7)28-18(31)11-5-12(22)10(13-3-9(20)4-15(26)27-13)6-14(11)32-8(2)19(23,24)25/h3-6,8H,1-2H3,(H2,26,27)(H,28,31)(H,29,30). The van der Waals surface area contributed by atoms with Gasteiger partial charge in [0, 0.05) is 10.6 Å². The fraction of sp³-hybridized carbons (Fsp3) is 0.211. The zero-order chi connectivity index (χ0) is 23.8. The molecule has 3 rings (SSSR count). The lowest BCUT2D eigenvalue weighted by Crippen LogP contribution is -2.32. The second-order valence-electron chi connectivity index (χ2n) is 6.69. The Labute approximate surface area is 188 Å². The number of nitrogens with two attached hydrogens (primary N) is 1. The number of halogens is 6. The van der Waals surface area contributed by atoms with Gasteiger partial charge in [-0.15, -0.1) is 0 Å². The first-order valence-electron chi connectivity index (χ1n) is 8.89. The maximum atomic E-state index is 14.9. The summed E-state index contributed by atoms with van der Waals surface area (Å²) in [6, 6.07) is 4.23. The van der Waals surface area contributed by atoms with Crippen LogP contribution < -0.4 is 15.8 Å². The normalized spacial score (nSPS) is 12.5. The number of amides is 1.